The van der Waals surface area contributed by atoms with Crippen LogP contribution in [0.25, 0.3) is 0 Å². The van der Waals surface area contributed by atoms with E-state index in [2.05, 4.69) is 33.1 Å². The first kappa shape index (κ1) is 17.0. The third-order valence-corrected chi connectivity index (χ3v) is 16.4. The van der Waals surface area contributed by atoms with Crippen LogP contribution in [0.1, 0.15) is 13.3 Å². The average molecular weight is 355 g/mol. The molecule has 20 heavy (non-hydrogen) atoms. The van der Waals surface area contributed by atoms with Crippen LogP contribution in [-0.4, -0.2) is 55.4 Å². The summed E-state index contributed by atoms with van der Waals surface area (Å²) in [5, 5.41) is 0. The summed E-state index contributed by atoms with van der Waals surface area (Å²) in [5.41, 5.74) is 0. The van der Waals surface area contributed by atoms with E-state index in [9.17, 15) is 0 Å². The second-order valence-electron chi connectivity index (χ2n) is 6.03. The van der Waals surface area contributed by atoms with Gasteiger partial charge >= 0.3 is 26.4 Å². The molecule has 0 amide bonds. The van der Waals surface area contributed by atoms with Crippen molar-refractivity contribution in [2.75, 3.05) is 6.61 Å². The minimum Gasteiger partial charge on any atom is -0.422 e. The van der Waals surface area contributed by atoms with Gasteiger partial charge in [0.15, 0.2) is 6.29 Å². The first-order chi connectivity index (χ1) is 9.31. The van der Waals surface area contributed by atoms with Crippen molar-refractivity contribution < 1.29 is 25.9 Å². The Balaban J connectivity index is 1.81. The van der Waals surface area contributed by atoms with Gasteiger partial charge in [0, 0.05) is 12.7 Å². The second kappa shape index (κ2) is 6.81. The third-order valence-electron chi connectivity index (χ3n) is 3.01. The van der Waals surface area contributed by atoms with E-state index in [4.69, 9.17) is 25.9 Å². The molecule has 2 rings (SSSR count). The maximum Gasteiger partial charge on any atom is 0.313 e. The van der Waals surface area contributed by atoms with Crippen molar-refractivity contribution in [3.05, 3.63) is 0 Å². The summed E-state index contributed by atoms with van der Waals surface area (Å²) in [6.07, 6.45) is 1.09. The average Bonchev–Trinajstić information content (AvgIpc) is 3.00. The predicted molar refractivity (Wildman–Crippen MR) is 84.7 cm³/mol. The first-order valence-electron chi connectivity index (χ1n) is 7.22. The van der Waals surface area contributed by atoms with Crippen LogP contribution >= 0.6 is 0 Å². The van der Waals surface area contributed by atoms with Crippen molar-refractivity contribution in [3.8, 4) is 0 Å². The van der Waals surface area contributed by atoms with E-state index < -0.39 is 36.4 Å². The van der Waals surface area contributed by atoms with Gasteiger partial charge in [0.2, 0.25) is 0 Å². The molecule has 2 saturated heterocycles. The van der Waals surface area contributed by atoms with E-state index in [0.717, 1.165) is 19.1 Å². The van der Waals surface area contributed by atoms with Crippen molar-refractivity contribution in [1.29, 1.82) is 0 Å². The zero-order valence-electron chi connectivity index (χ0n) is 13.0. The Bertz CT molecular complexity index is 329. The van der Waals surface area contributed by atoms with E-state index in [-0.39, 0.29) is 12.4 Å². The summed E-state index contributed by atoms with van der Waals surface area (Å²) < 4.78 is 35.2. The molecule has 118 valence electrons. The summed E-state index contributed by atoms with van der Waals surface area (Å²) in [6, 6.07) is 0.826. The maximum absolute atomic E-state index is 6.21. The highest BCUT2D eigenvalue weighted by Gasteiger charge is 2.46. The van der Waals surface area contributed by atoms with Crippen molar-refractivity contribution >= 4 is 36.4 Å². The van der Waals surface area contributed by atoms with Gasteiger partial charge in [0.25, 0.3) is 10.0 Å². The summed E-state index contributed by atoms with van der Waals surface area (Å²) >= 11 is 0. The zero-order chi connectivity index (χ0) is 14.8. The minimum atomic E-state index is -2.16. The Kier molecular flexibility index (Phi) is 5.78. The second-order valence-corrected chi connectivity index (χ2v) is 17.4. The predicted octanol–water partition coefficient (Wildman–Crippen LogP) is 0.841. The largest absolute Gasteiger partial charge is 0.422 e. The van der Waals surface area contributed by atoms with Crippen LogP contribution in [0, 0.1) is 0 Å². The molecule has 2 aliphatic rings. The Hall–Kier alpha value is 0.628. The minimum absolute atomic E-state index is 0.0563. The molecule has 0 aromatic carbocycles. The number of hydrogen-bond acceptors (Lipinski definition) is 6. The highest BCUT2D eigenvalue weighted by atomic mass is 28.5. The monoisotopic (exact) mass is 354 g/mol. The summed E-state index contributed by atoms with van der Waals surface area (Å²) in [4.78, 5) is 0. The summed E-state index contributed by atoms with van der Waals surface area (Å²) in [5.74, 6) is 0. The fourth-order valence-corrected chi connectivity index (χ4v) is 16.0. The highest BCUT2D eigenvalue weighted by molar-refractivity contribution is 6.84. The molecule has 3 unspecified atom stereocenters. The van der Waals surface area contributed by atoms with Gasteiger partial charge in [-0.2, -0.15) is 0 Å². The molecule has 0 spiro atoms. The fraction of sp³-hybridized carbons (Fsp3) is 1.00. The lowest BCUT2D eigenvalue weighted by Crippen LogP contribution is -2.55. The van der Waals surface area contributed by atoms with Gasteiger partial charge < -0.3 is 25.9 Å². The number of epoxide rings is 1. The SMILES string of the molecule is CCCOC1OC1C[SiH]1O[SiH2]O[Si](C)(C)O[Si](C)(C)O1. The van der Waals surface area contributed by atoms with Gasteiger partial charge in [-0.15, -0.1) is 0 Å². The molecular formula is C10H26O6Si4. The van der Waals surface area contributed by atoms with Crippen LogP contribution in [0.15, 0.2) is 0 Å². The number of ether oxygens (including phenoxy) is 2. The first-order valence-corrected chi connectivity index (χ1v) is 15.8. The third kappa shape index (κ3) is 5.44. The molecule has 3 atom stereocenters. The van der Waals surface area contributed by atoms with Crippen LogP contribution in [0.4, 0.5) is 0 Å². The van der Waals surface area contributed by atoms with E-state index >= 15 is 0 Å². The summed E-state index contributed by atoms with van der Waals surface area (Å²) in [7, 11) is -6.97. The molecule has 10 heteroatoms. The molecular weight excluding hydrogens is 328 g/mol. The smallest absolute Gasteiger partial charge is 0.313 e. The van der Waals surface area contributed by atoms with E-state index in [1.807, 2.05) is 0 Å². The molecule has 2 aliphatic heterocycles. The Morgan fingerprint density at radius 2 is 1.95 bits per heavy atom. The molecule has 0 saturated carbocycles. The van der Waals surface area contributed by atoms with Gasteiger partial charge in [-0.1, -0.05) is 6.92 Å². The van der Waals surface area contributed by atoms with Gasteiger partial charge in [-0.3, -0.25) is 0 Å². The van der Waals surface area contributed by atoms with Crippen LogP contribution in [-0.2, 0) is 25.9 Å². The zero-order valence-corrected chi connectivity index (χ0v) is 17.6. The van der Waals surface area contributed by atoms with Crippen LogP contribution in [0.3, 0.4) is 0 Å². The van der Waals surface area contributed by atoms with E-state index in [0.29, 0.717) is 0 Å². The quantitative estimate of drug-likeness (QED) is 0.539. The fourth-order valence-electron chi connectivity index (χ4n) is 2.23. The molecule has 2 fully saturated rings. The lowest BCUT2D eigenvalue weighted by atomic mass is 10.5. The van der Waals surface area contributed by atoms with Crippen molar-refractivity contribution in [2.45, 2.75) is 58.0 Å². The molecule has 6 nitrogen and oxygen atoms in total. The van der Waals surface area contributed by atoms with Crippen LogP contribution in [0.5, 0.6) is 0 Å². The molecule has 0 radical (unpaired) electrons. The van der Waals surface area contributed by atoms with Crippen molar-refractivity contribution in [1.82, 2.24) is 0 Å². The molecule has 0 aliphatic carbocycles. The maximum atomic E-state index is 6.21. The van der Waals surface area contributed by atoms with Crippen molar-refractivity contribution in [3.63, 3.8) is 0 Å². The number of rotatable bonds is 5. The molecule has 2 heterocycles. The van der Waals surface area contributed by atoms with E-state index in [1.165, 1.54) is 0 Å². The van der Waals surface area contributed by atoms with E-state index in [1.54, 1.807) is 0 Å². The van der Waals surface area contributed by atoms with Gasteiger partial charge in [-0.05, 0) is 32.6 Å². The standard InChI is InChI=1S/C10H26O6Si4/c1-6-7-11-10-9(12-10)8-18-13-17-14-19(2,3)16-20(4,5)15-18/h9-10,18H,6-8,17H2,1-5H3. The molecule has 0 aromatic heterocycles. The van der Waals surface area contributed by atoms with Gasteiger partial charge in [-0.25, -0.2) is 0 Å². The van der Waals surface area contributed by atoms with Gasteiger partial charge in [0.1, 0.15) is 6.10 Å². The highest BCUT2D eigenvalue weighted by Crippen LogP contribution is 2.30. The van der Waals surface area contributed by atoms with Crippen LogP contribution < -0.4 is 0 Å². The Morgan fingerprint density at radius 1 is 1.20 bits per heavy atom. The van der Waals surface area contributed by atoms with Crippen molar-refractivity contribution in [2.24, 2.45) is 0 Å². The van der Waals surface area contributed by atoms with Gasteiger partial charge in [0.05, 0.1) is 0 Å². The molecule has 0 aromatic rings. The lowest BCUT2D eigenvalue weighted by Gasteiger charge is -2.38. The Labute approximate surface area is 127 Å². The number of hydrogen-bond donors (Lipinski definition) is 0. The topological polar surface area (TPSA) is 58.7 Å². The molecule has 0 N–H and O–H groups in total. The Morgan fingerprint density at radius 3 is 2.65 bits per heavy atom. The normalized spacial score (nSPS) is 37.4. The molecule has 0 bridgehead atoms. The summed E-state index contributed by atoms with van der Waals surface area (Å²) in [6.45, 7) is 11.1. The lowest BCUT2D eigenvalue weighted by molar-refractivity contribution is 0.0507. The van der Waals surface area contributed by atoms with Crippen LogP contribution in [0.2, 0.25) is 32.2 Å².